The van der Waals surface area contributed by atoms with Gasteiger partial charge in [0.1, 0.15) is 5.70 Å². The SMILES string of the molecule is Cc1ccc(S(=O)(=O)N2CC(C(C)C)C=C2C(=O)O)cc1. The van der Waals surface area contributed by atoms with Crippen LogP contribution in [0.4, 0.5) is 0 Å². The van der Waals surface area contributed by atoms with Gasteiger partial charge in [0.15, 0.2) is 0 Å². The number of nitrogens with zero attached hydrogens (tertiary/aromatic N) is 1. The molecule has 0 aliphatic carbocycles. The van der Waals surface area contributed by atoms with E-state index in [-0.39, 0.29) is 29.0 Å². The molecule has 0 fully saturated rings. The zero-order chi connectivity index (χ0) is 15.8. The van der Waals surface area contributed by atoms with Gasteiger partial charge in [-0.2, -0.15) is 0 Å². The minimum Gasteiger partial charge on any atom is -0.477 e. The molecule has 1 aromatic rings. The van der Waals surface area contributed by atoms with Crippen LogP contribution in [0.2, 0.25) is 0 Å². The molecule has 0 bridgehead atoms. The Kier molecular flexibility index (Phi) is 4.09. The van der Waals surface area contributed by atoms with E-state index in [2.05, 4.69) is 0 Å². The molecule has 1 aliphatic heterocycles. The van der Waals surface area contributed by atoms with Crippen molar-refractivity contribution in [2.24, 2.45) is 11.8 Å². The maximum atomic E-state index is 12.7. The Morgan fingerprint density at radius 1 is 1.29 bits per heavy atom. The van der Waals surface area contributed by atoms with Crippen molar-refractivity contribution in [3.05, 3.63) is 41.6 Å². The van der Waals surface area contributed by atoms with Crippen molar-refractivity contribution in [1.82, 2.24) is 4.31 Å². The monoisotopic (exact) mass is 309 g/mol. The molecule has 6 heteroatoms. The van der Waals surface area contributed by atoms with Gasteiger partial charge in [0.05, 0.1) is 4.90 Å². The zero-order valence-corrected chi connectivity index (χ0v) is 13.1. The van der Waals surface area contributed by atoms with Crippen LogP contribution in [0.1, 0.15) is 19.4 Å². The lowest BCUT2D eigenvalue weighted by atomic mass is 9.97. The van der Waals surface area contributed by atoms with Gasteiger partial charge in [0.25, 0.3) is 10.0 Å². The van der Waals surface area contributed by atoms with E-state index in [1.54, 1.807) is 18.2 Å². The number of carboxylic acid groups (broad SMARTS) is 1. The van der Waals surface area contributed by atoms with Crippen LogP contribution in [0.15, 0.2) is 40.9 Å². The lowest BCUT2D eigenvalue weighted by Crippen LogP contribution is -2.33. The van der Waals surface area contributed by atoms with Crippen LogP contribution in [0.3, 0.4) is 0 Å². The molecule has 0 amide bonds. The van der Waals surface area contributed by atoms with Crippen LogP contribution in [0.5, 0.6) is 0 Å². The molecule has 0 radical (unpaired) electrons. The zero-order valence-electron chi connectivity index (χ0n) is 12.3. The van der Waals surface area contributed by atoms with Crippen molar-refractivity contribution in [3.8, 4) is 0 Å². The molecule has 1 aromatic carbocycles. The lowest BCUT2D eigenvalue weighted by Gasteiger charge is -2.22. The molecule has 5 nitrogen and oxygen atoms in total. The fourth-order valence-electron chi connectivity index (χ4n) is 2.27. The molecule has 114 valence electrons. The van der Waals surface area contributed by atoms with E-state index in [0.29, 0.717) is 0 Å². The van der Waals surface area contributed by atoms with E-state index >= 15 is 0 Å². The van der Waals surface area contributed by atoms with Crippen LogP contribution in [-0.4, -0.2) is 30.3 Å². The molecule has 1 N–H and O–H groups in total. The molecule has 0 spiro atoms. The summed E-state index contributed by atoms with van der Waals surface area (Å²) in [5.41, 5.74) is 0.790. The van der Waals surface area contributed by atoms with Crippen molar-refractivity contribution >= 4 is 16.0 Å². The molecule has 1 atom stereocenters. The first-order chi connectivity index (χ1) is 9.73. The van der Waals surface area contributed by atoms with E-state index in [1.165, 1.54) is 12.1 Å². The minimum atomic E-state index is -3.83. The molecule has 1 unspecified atom stereocenters. The Hall–Kier alpha value is -1.82. The number of benzene rings is 1. The van der Waals surface area contributed by atoms with E-state index in [1.807, 2.05) is 20.8 Å². The van der Waals surface area contributed by atoms with Crippen molar-refractivity contribution < 1.29 is 18.3 Å². The average Bonchev–Trinajstić information content (AvgIpc) is 2.85. The maximum absolute atomic E-state index is 12.7. The third-order valence-corrected chi connectivity index (χ3v) is 5.50. The normalized spacial score (nSPS) is 19.0. The van der Waals surface area contributed by atoms with Gasteiger partial charge in [-0.1, -0.05) is 31.5 Å². The molecule has 1 aliphatic rings. The van der Waals surface area contributed by atoms with Crippen LogP contribution >= 0.6 is 0 Å². The standard InChI is InChI=1S/C15H19NO4S/c1-10(2)12-8-14(15(17)18)16(9-12)21(19,20)13-6-4-11(3)5-7-13/h4-8,10,12H,9H2,1-3H3,(H,17,18). The van der Waals surface area contributed by atoms with E-state index in [4.69, 9.17) is 0 Å². The number of hydrogen-bond donors (Lipinski definition) is 1. The first-order valence-corrected chi connectivity index (χ1v) is 8.22. The summed E-state index contributed by atoms with van der Waals surface area (Å²) in [5.74, 6) is -1.12. The van der Waals surface area contributed by atoms with Crippen molar-refractivity contribution in [2.45, 2.75) is 25.7 Å². The molecular formula is C15H19NO4S. The quantitative estimate of drug-likeness (QED) is 0.925. The summed E-state index contributed by atoms with van der Waals surface area (Å²) in [6.45, 7) is 5.93. The summed E-state index contributed by atoms with van der Waals surface area (Å²) in [4.78, 5) is 11.5. The maximum Gasteiger partial charge on any atom is 0.352 e. The third-order valence-electron chi connectivity index (χ3n) is 3.70. The summed E-state index contributed by atoms with van der Waals surface area (Å²) >= 11 is 0. The topological polar surface area (TPSA) is 74.7 Å². The van der Waals surface area contributed by atoms with Gasteiger partial charge in [-0.25, -0.2) is 13.2 Å². The highest BCUT2D eigenvalue weighted by Gasteiger charge is 2.37. The second-order valence-electron chi connectivity index (χ2n) is 5.61. The van der Waals surface area contributed by atoms with Gasteiger partial charge in [0.2, 0.25) is 0 Å². The fraction of sp³-hybridized carbons (Fsp3) is 0.400. The summed E-state index contributed by atoms with van der Waals surface area (Å²) < 4.78 is 26.3. The largest absolute Gasteiger partial charge is 0.477 e. The number of rotatable bonds is 4. The highest BCUT2D eigenvalue weighted by molar-refractivity contribution is 7.89. The van der Waals surface area contributed by atoms with Gasteiger partial charge in [-0.05, 0) is 31.1 Å². The van der Waals surface area contributed by atoms with Crippen molar-refractivity contribution in [3.63, 3.8) is 0 Å². The minimum absolute atomic E-state index is 0.0867. The van der Waals surface area contributed by atoms with Crippen LogP contribution in [0, 0.1) is 18.8 Å². The van der Waals surface area contributed by atoms with Gasteiger partial charge < -0.3 is 5.11 Å². The highest BCUT2D eigenvalue weighted by atomic mass is 32.2. The second kappa shape index (κ2) is 5.52. The molecule has 0 saturated carbocycles. The molecule has 1 heterocycles. The first-order valence-electron chi connectivity index (χ1n) is 6.78. The Morgan fingerprint density at radius 3 is 2.33 bits per heavy atom. The Labute approximate surface area is 124 Å². The van der Waals surface area contributed by atoms with E-state index in [9.17, 15) is 18.3 Å². The summed E-state index contributed by atoms with van der Waals surface area (Å²) in [6, 6.07) is 6.42. The van der Waals surface area contributed by atoms with Crippen molar-refractivity contribution in [2.75, 3.05) is 6.54 Å². The summed E-state index contributed by atoms with van der Waals surface area (Å²) in [6.07, 6.45) is 1.54. The average molecular weight is 309 g/mol. The Bertz CT molecular complexity index is 674. The number of aliphatic carboxylic acids is 1. The number of hydrogen-bond acceptors (Lipinski definition) is 3. The second-order valence-corrected chi connectivity index (χ2v) is 7.48. The molecule has 2 rings (SSSR count). The van der Waals surface area contributed by atoms with Gasteiger partial charge >= 0.3 is 5.97 Å². The Morgan fingerprint density at radius 2 is 1.86 bits per heavy atom. The molecule has 21 heavy (non-hydrogen) atoms. The van der Waals surface area contributed by atoms with Crippen LogP contribution in [-0.2, 0) is 14.8 Å². The van der Waals surface area contributed by atoms with E-state index < -0.39 is 16.0 Å². The fourth-order valence-corrected chi connectivity index (χ4v) is 3.78. The van der Waals surface area contributed by atoms with Crippen LogP contribution < -0.4 is 0 Å². The predicted molar refractivity (Wildman–Crippen MR) is 79.1 cm³/mol. The first kappa shape index (κ1) is 15.6. The number of carbonyl (C=O) groups is 1. The molecular weight excluding hydrogens is 290 g/mol. The molecule has 0 saturated heterocycles. The summed E-state index contributed by atoms with van der Waals surface area (Å²) in [5, 5.41) is 9.26. The third kappa shape index (κ3) is 2.95. The number of aryl methyl sites for hydroxylation is 1. The number of carboxylic acids is 1. The van der Waals surface area contributed by atoms with Gasteiger partial charge in [0, 0.05) is 12.5 Å². The van der Waals surface area contributed by atoms with Gasteiger partial charge in [-0.15, -0.1) is 0 Å². The lowest BCUT2D eigenvalue weighted by molar-refractivity contribution is -0.133. The van der Waals surface area contributed by atoms with Gasteiger partial charge in [-0.3, -0.25) is 4.31 Å². The van der Waals surface area contributed by atoms with E-state index in [0.717, 1.165) is 9.87 Å². The predicted octanol–water partition coefficient (Wildman–Crippen LogP) is 2.24. The summed E-state index contributed by atoms with van der Waals surface area (Å²) in [7, 11) is -3.83. The Balaban J connectivity index is 2.42. The number of sulfonamides is 1. The van der Waals surface area contributed by atoms with Crippen molar-refractivity contribution in [1.29, 1.82) is 0 Å². The smallest absolute Gasteiger partial charge is 0.352 e. The van der Waals surface area contributed by atoms with Crippen LogP contribution in [0.25, 0.3) is 0 Å². The molecule has 0 aromatic heterocycles. The highest BCUT2D eigenvalue weighted by Crippen LogP contribution is 2.31.